The first-order valence-corrected chi connectivity index (χ1v) is 10.5. The van der Waals surface area contributed by atoms with Gasteiger partial charge in [0.25, 0.3) is 6.09 Å². The molecule has 162 valence electrons. The number of halogens is 1. The number of benzene rings is 2. The topological polar surface area (TPSA) is 96.7 Å². The summed E-state index contributed by atoms with van der Waals surface area (Å²) in [6.45, 7) is 3.13. The van der Waals surface area contributed by atoms with Crippen molar-refractivity contribution in [2.75, 3.05) is 6.54 Å². The van der Waals surface area contributed by atoms with Crippen LogP contribution in [-0.4, -0.2) is 42.7 Å². The lowest BCUT2D eigenvalue weighted by molar-refractivity contribution is 0.270. The SMILES string of the molecule is Cc1ccc(-c2cn(Cc3ccc(-c4noc(C5CCCN5C(=N)F)n4)cc3)nn2)cc1. The van der Waals surface area contributed by atoms with Crippen molar-refractivity contribution in [2.45, 2.75) is 32.4 Å². The third-order valence-corrected chi connectivity index (χ3v) is 5.67. The number of likely N-dealkylation sites (tertiary alicyclic amines) is 1. The zero-order valence-electron chi connectivity index (χ0n) is 17.6. The van der Waals surface area contributed by atoms with Crippen LogP contribution in [0, 0.1) is 12.3 Å². The summed E-state index contributed by atoms with van der Waals surface area (Å²) < 4.78 is 20.6. The summed E-state index contributed by atoms with van der Waals surface area (Å²) in [5.74, 6) is 0.793. The third-order valence-electron chi connectivity index (χ3n) is 5.67. The van der Waals surface area contributed by atoms with E-state index in [-0.39, 0.29) is 6.04 Å². The average Bonchev–Trinajstić information content (AvgIpc) is 3.55. The van der Waals surface area contributed by atoms with E-state index in [0.29, 0.717) is 31.2 Å². The van der Waals surface area contributed by atoms with Crippen LogP contribution in [0.25, 0.3) is 22.6 Å². The minimum atomic E-state index is -0.963. The first-order valence-electron chi connectivity index (χ1n) is 10.5. The lowest BCUT2D eigenvalue weighted by Crippen LogP contribution is -2.26. The lowest BCUT2D eigenvalue weighted by Gasteiger charge is -2.18. The highest BCUT2D eigenvalue weighted by Crippen LogP contribution is 2.32. The summed E-state index contributed by atoms with van der Waals surface area (Å²) in [4.78, 5) is 5.79. The number of nitrogens with one attached hydrogen (secondary N) is 1. The van der Waals surface area contributed by atoms with Gasteiger partial charge in [-0.3, -0.25) is 5.41 Å². The zero-order chi connectivity index (χ0) is 22.1. The summed E-state index contributed by atoms with van der Waals surface area (Å²) >= 11 is 0. The second-order valence-electron chi connectivity index (χ2n) is 7.96. The molecule has 4 aromatic rings. The molecule has 0 saturated carbocycles. The third kappa shape index (κ3) is 4.01. The molecule has 2 aromatic heterocycles. The molecule has 1 atom stereocenters. The maximum absolute atomic E-state index is 13.4. The lowest BCUT2D eigenvalue weighted by atomic mass is 10.1. The summed E-state index contributed by atoms with van der Waals surface area (Å²) in [5.41, 5.74) is 4.95. The van der Waals surface area contributed by atoms with Crippen LogP contribution in [0.15, 0.2) is 59.3 Å². The Balaban J connectivity index is 1.28. The van der Waals surface area contributed by atoms with Gasteiger partial charge in [-0.1, -0.05) is 64.5 Å². The Morgan fingerprint density at radius 1 is 1.12 bits per heavy atom. The minimum absolute atomic E-state index is 0.343. The van der Waals surface area contributed by atoms with Gasteiger partial charge in [0.15, 0.2) is 0 Å². The molecule has 1 saturated heterocycles. The van der Waals surface area contributed by atoms with E-state index in [9.17, 15) is 4.39 Å². The Kier molecular flexibility index (Phi) is 5.22. The predicted molar refractivity (Wildman–Crippen MR) is 117 cm³/mol. The summed E-state index contributed by atoms with van der Waals surface area (Å²) in [5, 5.41) is 19.8. The quantitative estimate of drug-likeness (QED) is 0.286. The van der Waals surface area contributed by atoms with Crippen LogP contribution in [0.2, 0.25) is 0 Å². The first kappa shape index (κ1) is 20.0. The molecule has 1 aliphatic rings. The molecule has 1 unspecified atom stereocenters. The monoisotopic (exact) mass is 431 g/mol. The van der Waals surface area contributed by atoms with E-state index < -0.39 is 6.09 Å². The zero-order valence-corrected chi connectivity index (χ0v) is 17.6. The smallest absolute Gasteiger partial charge is 0.278 e. The van der Waals surface area contributed by atoms with Crippen LogP contribution in [0.1, 0.15) is 35.9 Å². The standard InChI is InChI=1S/C23H22FN7O/c1-15-4-8-17(9-5-15)19-14-30(29-27-19)13-16-6-10-18(11-7-16)21-26-22(32-28-21)20-3-2-12-31(20)23(24)25/h4-11,14,20,25H,2-3,12-13H2,1H3. The summed E-state index contributed by atoms with van der Waals surface area (Å²) in [6, 6.07) is 15.6. The molecule has 8 nitrogen and oxygen atoms in total. The molecule has 1 aliphatic heterocycles. The number of hydrogen-bond acceptors (Lipinski definition) is 6. The maximum atomic E-state index is 13.4. The van der Waals surface area contributed by atoms with Gasteiger partial charge in [-0.15, -0.1) is 5.10 Å². The van der Waals surface area contributed by atoms with E-state index in [4.69, 9.17) is 9.93 Å². The van der Waals surface area contributed by atoms with Gasteiger partial charge in [-0.2, -0.15) is 9.37 Å². The van der Waals surface area contributed by atoms with Crippen molar-refractivity contribution >= 4 is 6.09 Å². The molecule has 0 amide bonds. The molecular formula is C23H22FN7O. The Labute approximate surface area is 184 Å². The predicted octanol–water partition coefficient (Wildman–Crippen LogP) is 4.39. The van der Waals surface area contributed by atoms with Crippen molar-refractivity contribution in [1.29, 1.82) is 5.41 Å². The van der Waals surface area contributed by atoms with Crippen molar-refractivity contribution in [2.24, 2.45) is 0 Å². The fourth-order valence-corrected chi connectivity index (χ4v) is 3.92. The van der Waals surface area contributed by atoms with Crippen LogP contribution in [0.5, 0.6) is 0 Å². The molecule has 1 N–H and O–H groups in total. The average molecular weight is 431 g/mol. The van der Waals surface area contributed by atoms with Gasteiger partial charge in [0.1, 0.15) is 11.7 Å². The fourth-order valence-electron chi connectivity index (χ4n) is 3.92. The molecule has 0 bridgehead atoms. The van der Waals surface area contributed by atoms with Gasteiger partial charge in [-0.25, -0.2) is 4.68 Å². The van der Waals surface area contributed by atoms with Crippen LogP contribution >= 0.6 is 0 Å². The van der Waals surface area contributed by atoms with Crippen molar-refractivity contribution < 1.29 is 8.91 Å². The van der Waals surface area contributed by atoms with Crippen molar-refractivity contribution in [1.82, 2.24) is 30.0 Å². The van der Waals surface area contributed by atoms with Gasteiger partial charge in [0, 0.05) is 17.7 Å². The first-order chi connectivity index (χ1) is 15.6. The molecule has 5 rings (SSSR count). The van der Waals surface area contributed by atoms with Crippen molar-refractivity contribution in [3.63, 3.8) is 0 Å². The Morgan fingerprint density at radius 2 is 1.88 bits per heavy atom. The Bertz CT molecular complexity index is 1230. The van der Waals surface area contributed by atoms with Crippen LogP contribution in [-0.2, 0) is 6.54 Å². The summed E-state index contributed by atoms with van der Waals surface area (Å²) in [6.07, 6.45) is 2.45. The Morgan fingerprint density at radius 3 is 2.62 bits per heavy atom. The van der Waals surface area contributed by atoms with E-state index in [0.717, 1.165) is 28.8 Å². The van der Waals surface area contributed by atoms with Gasteiger partial charge in [0.2, 0.25) is 11.7 Å². The molecule has 0 radical (unpaired) electrons. The van der Waals surface area contributed by atoms with E-state index in [1.54, 1.807) is 4.68 Å². The minimum Gasteiger partial charge on any atom is -0.337 e. The molecule has 1 fully saturated rings. The second kappa shape index (κ2) is 8.33. The highest BCUT2D eigenvalue weighted by atomic mass is 19.1. The highest BCUT2D eigenvalue weighted by Gasteiger charge is 2.32. The van der Waals surface area contributed by atoms with E-state index in [1.807, 2.05) is 42.6 Å². The van der Waals surface area contributed by atoms with Crippen LogP contribution in [0.4, 0.5) is 4.39 Å². The molecule has 0 aliphatic carbocycles. The number of nitrogens with zero attached hydrogens (tertiary/aromatic N) is 6. The maximum Gasteiger partial charge on any atom is 0.278 e. The van der Waals surface area contributed by atoms with Gasteiger partial charge < -0.3 is 9.42 Å². The number of aromatic nitrogens is 5. The molecule has 32 heavy (non-hydrogen) atoms. The molecule has 0 spiro atoms. The number of rotatable bonds is 5. The van der Waals surface area contributed by atoms with Gasteiger partial charge in [0.05, 0.1) is 12.7 Å². The molecular weight excluding hydrogens is 409 g/mol. The van der Waals surface area contributed by atoms with E-state index in [1.165, 1.54) is 10.5 Å². The van der Waals surface area contributed by atoms with E-state index >= 15 is 0 Å². The fraction of sp³-hybridized carbons (Fsp3) is 0.261. The van der Waals surface area contributed by atoms with Crippen molar-refractivity contribution in [3.8, 4) is 22.6 Å². The van der Waals surface area contributed by atoms with Crippen LogP contribution in [0.3, 0.4) is 0 Å². The second-order valence-corrected chi connectivity index (χ2v) is 7.96. The highest BCUT2D eigenvalue weighted by molar-refractivity contribution is 5.69. The normalized spacial score (nSPS) is 15.9. The number of aryl methyl sites for hydroxylation is 1. The molecule has 9 heteroatoms. The molecule has 2 aromatic carbocycles. The largest absolute Gasteiger partial charge is 0.337 e. The van der Waals surface area contributed by atoms with E-state index in [2.05, 4.69) is 39.5 Å². The number of hydrogen-bond donors (Lipinski definition) is 1. The number of amidine groups is 1. The summed E-state index contributed by atoms with van der Waals surface area (Å²) in [7, 11) is 0. The van der Waals surface area contributed by atoms with Crippen LogP contribution < -0.4 is 0 Å². The molecule has 3 heterocycles. The van der Waals surface area contributed by atoms with Gasteiger partial charge in [-0.05, 0) is 25.3 Å². The van der Waals surface area contributed by atoms with Gasteiger partial charge >= 0.3 is 0 Å². The van der Waals surface area contributed by atoms with Crippen molar-refractivity contribution in [3.05, 3.63) is 71.7 Å². The Hall–Kier alpha value is -3.88.